The van der Waals surface area contributed by atoms with Gasteiger partial charge in [0.25, 0.3) is 0 Å². The van der Waals surface area contributed by atoms with Gasteiger partial charge in [-0.05, 0) is 37.8 Å². The number of carbonyl (C=O) groups excluding carboxylic acids is 1. The number of nitrogens with zero attached hydrogens (tertiary/aromatic N) is 1. The van der Waals surface area contributed by atoms with Crippen molar-refractivity contribution >= 4 is 27.5 Å². The molecule has 0 bridgehead atoms. The van der Waals surface area contributed by atoms with Crippen molar-refractivity contribution in [2.45, 2.75) is 90.0 Å². The second kappa shape index (κ2) is 12.7. The van der Waals surface area contributed by atoms with Crippen molar-refractivity contribution in [2.75, 3.05) is 13.1 Å². The van der Waals surface area contributed by atoms with E-state index in [0.717, 1.165) is 44.9 Å². The maximum Gasteiger partial charge on any atom is 0.244 e. The van der Waals surface area contributed by atoms with Crippen molar-refractivity contribution in [1.82, 2.24) is 9.62 Å². The highest BCUT2D eigenvalue weighted by Gasteiger charge is 2.35. The molecule has 1 amide bonds. The van der Waals surface area contributed by atoms with Gasteiger partial charge in [0.1, 0.15) is 4.90 Å². The van der Waals surface area contributed by atoms with Crippen LogP contribution in [0.2, 0.25) is 5.02 Å². The second-order valence-corrected chi connectivity index (χ2v) is 10.2. The van der Waals surface area contributed by atoms with Crippen LogP contribution in [0.1, 0.15) is 79.1 Å². The molecule has 172 valence electrons. The van der Waals surface area contributed by atoms with Crippen molar-refractivity contribution < 1.29 is 13.2 Å². The van der Waals surface area contributed by atoms with Crippen LogP contribution >= 0.6 is 11.6 Å². The molecule has 0 spiro atoms. The van der Waals surface area contributed by atoms with E-state index < -0.39 is 10.0 Å². The van der Waals surface area contributed by atoms with Gasteiger partial charge in [-0.2, -0.15) is 4.31 Å². The van der Waals surface area contributed by atoms with Gasteiger partial charge in [-0.3, -0.25) is 4.79 Å². The second-order valence-electron chi connectivity index (χ2n) is 7.98. The molecule has 1 saturated carbocycles. The fraction of sp³-hybridized carbons (Fsp3) is 0.696. The van der Waals surface area contributed by atoms with Crippen molar-refractivity contribution in [2.24, 2.45) is 5.92 Å². The van der Waals surface area contributed by atoms with Crippen molar-refractivity contribution in [3.8, 4) is 0 Å². The smallest absolute Gasteiger partial charge is 0.244 e. The first kappa shape index (κ1) is 26.9. The van der Waals surface area contributed by atoms with Crippen LogP contribution in [-0.4, -0.2) is 37.8 Å². The van der Waals surface area contributed by atoms with Crippen molar-refractivity contribution in [3.63, 3.8) is 0 Å². The van der Waals surface area contributed by atoms with E-state index in [4.69, 9.17) is 11.6 Å². The minimum atomic E-state index is -3.68. The Morgan fingerprint density at radius 3 is 2.23 bits per heavy atom. The van der Waals surface area contributed by atoms with Crippen LogP contribution in [0.3, 0.4) is 0 Å². The zero-order valence-corrected chi connectivity index (χ0v) is 18.0. The summed E-state index contributed by atoms with van der Waals surface area (Å²) in [4.78, 5) is 12.8. The number of amides is 1. The average molecular weight is 459 g/mol. The normalized spacial score (nSPS) is 21.4. The van der Waals surface area contributed by atoms with E-state index in [2.05, 4.69) is 5.32 Å². The Morgan fingerprint density at radius 2 is 1.57 bits per heavy atom. The highest BCUT2D eigenvalue weighted by atomic mass is 35.5. The first-order valence-corrected chi connectivity index (χ1v) is 12.4. The van der Waals surface area contributed by atoms with Crippen LogP contribution in [0.15, 0.2) is 29.2 Å². The van der Waals surface area contributed by atoms with Gasteiger partial charge in [0, 0.05) is 25.0 Å². The highest BCUT2D eigenvalue weighted by Crippen LogP contribution is 2.29. The molecular formula is C23H39ClN2O3S. The Hall–Kier alpha value is -1.11. The number of halogens is 1. The van der Waals surface area contributed by atoms with Crippen LogP contribution in [0.25, 0.3) is 0 Å². The summed E-state index contributed by atoms with van der Waals surface area (Å²) in [6.07, 6.45) is 10.3. The van der Waals surface area contributed by atoms with Gasteiger partial charge in [0.15, 0.2) is 0 Å². The average Bonchev–Trinajstić information content (AvgIpc) is 2.66. The van der Waals surface area contributed by atoms with Gasteiger partial charge in [0.2, 0.25) is 15.9 Å². The summed E-state index contributed by atoms with van der Waals surface area (Å²) < 4.78 is 27.9. The molecule has 7 heteroatoms. The van der Waals surface area contributed by atoms with Crippen LogP contribution < -0.4 is 5.32 Å². The first-order valence-electron chi connectivity index (χ1n) is 10.5. The minimum absolute atomic E-state index is 0. The zero-order chi connectivity index (χ0) is 20.0. The molecule has 3 rings (SSSR count). The third-order valence-corrected chi connectivity index (χ3v) is 8.44. The molecule has 1 aromatic carbocycles. The third-order valence-electron chi connectivity index (χ3n) is 5.98. The maximum absolute atomic E-state index is 13.2. The van der Waals surface area contributed by atoms with E-state index in [1.54, 1.807) is 24.3 Å². The first-order chi connectivity index (χ1) is 13.5. The lowest BCUT2D eigenvalue weighted by Gasteiger charge is -2.35. The molecule has 1 N–H and O–H groups in total. The van der Waals surface area contributed by atoms with Gasteiger partial charge >= 0.3 is 0 Å². The largest absolute Gasteiger partial charge is 0.354 e. The lowest BCUT2D eigenvalue weighted by atomic mass is 9.90. The van der Waals surface area contributed by atoms with Crippen LogP contribution in [0, 0.1) is 5.92 Å². The third kappa shape index (κ3) is 6.69. The summed E-state index contributed by atoms with van der Waals surface area (Å²) in [6, 6.07) is 6.35. The fourth-order valence-corrected chi connectivity index (χ4v) is 6.54. The van der Waals surface area contributed by atoms with Crippen molar-refractivity contribution in [3.05, 3.63) is 29.3 Å². The Labute approximate surface area is 188 Å². The molecular weight excluding hydrogens is 420 g/mol. The summed E-state index contributed by atoms with van der Waals surface area (Å²) in [5, 5.41) is 3.30. The van der Waals surface area contributed by atoms with Gasteiger partial charge < -0.3 is 5.32 Å². The molecule has 2 fully saturated rings. The van der Waals surface area contributed by atoms with Crippen LogP contribution in [-0.2, 0) is 14.8 Å². The van der Waals surface area contributed by atoms with Gasteiger partial charge in [0.05, 0.1) is 5.02 Å². The van der Waals surface area contributed by atoms with Crippen molar-refractivity contribution in [1.29, 1.82) is 0 Å². The van der Waals surface area contributed by atoms with E-state index >= 15 is 0 Å². The summed E-state index contributed by atoms with van der Waals surface area (Å²) in [7, 11) is -3.68. The molecule has 1 aliphatic heterocycles. The van der Waals surface area contributed by atoms with Gasteiger partial charge in [-0.15, -0.1) is 0 Å². The molecule has 1 aromatic rings. The molecule has 1 unspecified atom stereocenters. The van der Waals surface area contributed by atoms with E-state index in [1.165, 1.54) is 23.6 Å². The molecule has 1 saturated heterocycles. The van der Waals surface area contributed by atoms with Gasteiger partial charge in [-0.1, -0.05) is 77.1 Å². The molecule has 1 atom stereocenters. The number of rotatable bonds is 5. The number of hydrogen-bond acceptors (Lipinski definition) is 3. The molecule has 0 radical (unpaired) electrons. The highest BCUT2D eigenvalue weighted by molar-refractivity contribution is 7.89. The van der Waals surface area contributed by atoms with E-state index in [9.17, 15) is 13.2 Å². The fourth-order valence-electron chi connectivity index (χ4n) is 4.36. The Morgan fingerprint density at radius 1 is 0.967 bits per heavy atom. The molecule has 0 aromatic heterocycles. The number of piperidine rings is 1. The summed E-state index contributed by atoms with van der Waals surface area (Å²) >= 11 is 6.16. The molecule has 1 heterocycles. The van der Waals surface area contributed by atoms with E-state index in [-0.39, 0.29) is 42.6 Å². The monoisotopic (exact) mass is 458 g/mol. The summed E-state index contributed by atoms with van der Waals surface area (Å²) in [5.41, 5.74) is 0. The molecule has 2 aliphatic rings. The van der Waals surface area contributed by atoms with E-state index in [1.807, 2.05) is 0 Å². The Kier molecular flexibility index (Phi) is 11.4. The lowest BCUT2D eigenvalue weighted by Crippen LogP contribution is -2.50. The Balaban J connectivity index is 0.00000225. The minimum Gasteiger partial charge on any atom is -0.354 e. The number of hydrogen-bond donors (Lipinski definition) is 1. The summed E-state index contributed by atoms with van der Waals surface area (Å²) in [5.74, 6) is 0.153. The molecule has 1 aliphatic carbocycles. The number of benzene rings is 1. The van der Waals surface area contributed by atoms with Crippen LogP contribution in [0.5, 0.6) is 0 Å². The van der Waals surface area contributed by atoms with E-state index in [0.29, 0.717) is 13.1 Å². The summed E-state index contributed by atoms with van der Waals surface area (Å²) in [6.45, 7) is 0.844. The maximum atomic E-state index is 13.2. The number of carbonyl (C=O) groups is 1. The SMILES string of the molecule is C.C.O=C(NCC1CCCCN1S(=O)(=O)c1ccccc1Cl)C1CCCCCCC1. The standard InChI is InChI=1S/C21H31ClN2O3S.2CH4/c22-19-13-6-7-14-20(19)28(26,27)24-15-9-8-12-18(24)16-23-21(25)17-10-4-2-1-3-5-11-17;;/h6-7,13-14,17-18H,1-5,8-12,15-16H2,(H,23,25);2*1H4. The molecule has 5 nitrogen and oxygen atoms in total. The predicted octanol–water partition coefficient (Wildman–Crippen LogP) is 5.63. The molecule has 30 heavy (non-hydrogen) atoms. The number of sulfonamides is 1. The predicted molar refractivity (Wildman–Crippen MR) is 125 cm³/mol. The topological polar surface area (TPSA) is 66.5 Å². The number of nitrogens with one attached hydrogen (secondary N) is 1. The quantitative estimate of drug-likeness (QED) is 0.621. The Bertz CT molecular complexity index is 761. The zero-order valence-electron chi connectivity index (χ0n) is 16.4. The van der Waals surface area contributed by atoms with Gasteiger partial charge in [-0.25, -0.2) is 8.42 Å². The lowest BCUT2D eigenvalue weighted by molar-refractivity contribution is -0.125. The van der Waals surface area contributed by atoms with Crippen LogP contribution in [0.4, 0.5) is 0 Å².